The van der Waals surface area contributed by atoms with Crippen LogP contribution in [0.2, 0.25) is 10.0 Å². The van der Waals surface area contributed by atoms with Crippen molar-refractivity contribution in [3.63, 3.8) is 0 Å². The van der Waals surface area contributed by atoms with Crippen LogP contribution in [0.25, 0.3) is 0 Å². The van der Waals surface area contributed by atoms with Gasteiger partial charge in [-0.2, -0.15) is 0 Å². The van der Waals surface area contributed by atoms with Gasteiger partial charge in [0.25, 0.3) is 0 Å². The molecular weight excluding hydrogens is 339 g/mol. The number of aromatic nitrogens is 2. The number of ketones is 1. The van der Waals surface area contributed by atoms with Crippen molar-refractivity contribution in [1.29, 1.82) is 0 Å². The summed E-state index contributed by atoms with van der Waals surface area (Å²) in [5.41, 5.74) is 1.69. The van der Waals surface area contributed by atoms with Crippen molar-refractivity contribution in [2.45, 2.75) is 19.3 Å². The number of halogens is 2. The van der Waals surface area contributed by atoms with Crippen molar-refractivity contribution in [2.75, 3.05) is 10.6 Å². The van der Waals surface area contributed by atoms with Gasteiger partial charge in [-0.25, -0.2) is 14.8 Å². The van der Waals surface area contributed by atoms with Crippen molar-refractivity contribution < 1.29 is 9.59 Å². The van der Waals surface area contributed by atoms with E-state index in [4.69, 9.17) is 23.2 Å². The molecule has 0 aliphatic heterocycles. The largest absolute Gasteiger partial charge is 0.326 e. The molecule has 1 aromatic carbocycles. The van der Waals surface area contributed by atoms with Crippen LogP contribution in [-0.2, 0) is 6.42 Å². The van der Waals surface area contributed by atoms with E-state index in [1.54, 1.807) is 12.1 Å². The molecule has 0 unspecified atom stereocenters. The zero-order chi connectivity index (χ0) is 16.4. The Kier molecular flexibility index (Phi) is 4.45. The van der Waals surface area contributed by atoms with Crippen molar-refractivity contribution in [3.05, 3.63) is 45.7 Å². The van der Waals surface area contributed by atoms with Crippen LogP contribution in [0.15, 0.2) is 24.4 Å². The fourth-order valence-electron chi connectivity index (χ4n) is 2.29. The summed E-state index contributed by atoms with van der Waals surface area (Å²) in [5.74, 6) is 0.189. The summed E-state index contributed by atoms with van der Waals surface area (Å²) in [6, 6.07) is 4.24. The summed E-state index contributed by atoms with van der Waals surface area (Å²) >= 11 is 11.7. The van der Waals surface area contributed by atoms with Gasteiger partial charge >= 0.3 is 6.03 Å². The Labute approximate surface area is 142 Å². The predicted octanol–water partition coefficient (Wildman–Crippen LogP) is 3.95. The summed E-state index contributed by atoms with van der Waals surface area (Å²) in [6.45, 7) is 0. The first kappa shape index (κ1) is 15.7. The fraction of sp³-hybridized carbons (Fsp3) is 0.200. The summed E-state index contributed by atoms with van der Waals surface area (Å²) in [7, 11) is 0. The quantitative estimate of drug-likeness (QED) is 0.858. The van der Waals surface area contributed by atoms with Crippen molar-refractivity contribution >= 4 is 46.7 Å². The van der Waals surface area contributed by atoms with E-state index in [0.717, 1.165) is 6.42 Å². The minimum atomic E-state index is -0.509. The third-order valence-electron chi connectivity index (χ3n) is 3.39. The highest BCUT2D eigenvalue weighted by molar-refractivity contribution is 6.42. The molecule has 0 atom stereocenters. The first-order valence-electron chi connectivity index (χ1n) is 6.95. The number of nitrogens with one attached hydrogen (secondary N) is 2. The van der Waals surface area contributed by atoms with Crippen LogP contribution in [0.3, 0.4) is 0 Å². The summed E-state index contributed by atoms with van der Waals surface area (Å²) in [5, 5.41) is 5.88. The maximum Gasteiger partial charge on any atom is 0.326 e. The lowest BCUT2D eigenvalue weighted by Gasteiger charge is -2.14. The lowest BCUT2D eigenvalue weighted by Crippen LogP contribution is -2.22. The predicted molar refractivity (Wildman–Crippen MR) is 88.4 cm³/mol. The number of amides is 2. The SMILES string of the molecule is O=C(Nc1ccc(Cl)c(Cl)c1)Nc1ncc2c(n1)CCCC2=O. The molecule has 1 heterocycles. The van der Waals surface area contributed by atoms with Crippen LogP contribution >= 0.6 is 23.2 Å². The maximum absolute atomic E-state index is 12.0. The minimum Gasteiger partial charge on any atom is -0.308 e. The molecule has 1 aliphatic rings. The van der Waals surface area contributed by atoms with Crippen LogP contribution in [0.4, 0.5) is 16.4 Å². The summed E-state index contributed by atoms with van der Waals surface area (Å²) in [6.07, 6.45) is 3.43. The Bertz CT molecular complexity index is 795. The van der Waals surface area contributed by atoms with Gasteiger partial charge in [0.05, 0.1) is 21.3 Å². The zero-order valence-corrected chi connectivity index (χ0v) is 13.4. The summed E-state index contributed by atoms with van der Waals surface area (Å²) < 4.78 is 0. The van der Waals surface area contributed by atoms with Gasteiger partial charge in [0, 0.05) is 18.3 Å². The van der Waals surface area contributed by atoms with Crippen LogP contribution < -0.4 is 10.6 Å². The van der Waals surface area contributed by atoms with E-state index in [1.807, 2.05) is 0 Å². The first-order chi connectivity index (χ1) is 11.0. The maximum atomic E-state index is 12.0. The van der Waals surface area contributed by atoms with Crippen molar-refractivity contribution in [1.82, 2.24) is 9.97 Å². The first-order valence-corrected chi connectivity index (χ1v) is 7.70. The number of anilines is 2. The monoisotopic (exact) mass is 350 g/mol. The Morgan fingerprint density at radius 3 is 2.74 bits per heavy atom. The number of benzene rings is 1. The molecule has 8 heteroatoms. The number of fused-ring (bicyclic) bond motifs is 1. The van der Waals surface area contributed by atoms with E-state index in [-0.39, 0.29) is 11.7 Å². The van der Waals surface area contributed by atoms with E-state index in [0.29, 0.717) is 39.8 Å². The standard InChI is InChI=1S/C15H12Cl2N4O2/c16-10-5-4-8(6-11(10)17)19-15(23)21-14-18-7-9-12(20-14)2-1-3-13(9)22/h4-7H,1-3H2,(H2,18,19,20,21,23). The molecule has 0 saturated carbocycles. The average Bonchev–Trinajstić information content (AvgIpc) is 2.51. The number of carbonyl (C=O) groups excluding carboxylic acids is 2. The number of hydrogen-bond acceptors (Lipinski definition) is 4. The smallest absolute Gasteiger partial charge is 0.308 e. The fourth-order valence-corrected chi connectivity index (χ4v) is 2.59. The van der Waals surface area contributed by atoms with Gasteiger partial charge in [0.1, 0.15) is 0 Å². The lowest BCUT2D eigenvalue weighted by molar-refractivity contribution is 0.0971. The Balaban J connectivity index is 1.70. The number of rotatable bonds is 2. The van der Waals surface area contributed by atoms with Gasteiger partial charge in [0.15, 0.2) is 5.78 Å². The van der Waals surface area contributed by atoms with E-state index in [2.05, 4.69) is 20.6 Å². The Hall–Kier alpha value is -2.18. The van der Waals surface area contributed by atoms with Crippen LogP contribution in [0, 0.1) is 0 Å². The van der Waals surface area contributed by atoms with Gasteiger partial charge in [-0.3, -0.25) is 10.1 Å². The molecule has 2 N–H and O–H groups in total. The number of nitrogens with zero attached hydrogens (tertiary/aromatic N) is 2. The van der Waals surface area contributed by atoms with Gasteiger partial charge in [-0.1, -0.05) is 23.2 Å². The minimum absolute atomic E-state index is 0.0399. The second kappa shape index (κ2) is 6.52. The Morgan fingerprint density at radius 1 is 1.13 bits per heavy atom. The number of urea groups is 1. The highest BCUT2D eigenvalue weighted by Crippen LogP contribution is 2.25. The number of Topliss-reactive ketones (excluding diaryl/α,β-unsaturated/α-hetero) is 1. The Morgan fingerprint density at radius 2 is 1.96 bits per heavy atom. The van der Waals surface area contributed by atoms with Gasteiger partial charge in [0.2, 0.25) is 5.95 Å². The molecular formula is C15H12Cl2N4O2. The molecule has 6 nitrogen and oxygen atoms in total. The van der Waals surface area contributed by atoms with Gasteiger partial charge in [-0.15, -0.1) is 0 Å². The second-order valence-electron chi connectivity index (χ2n) is 5.04. The number of carbonyl (C=O) groups is 2. The highest BCUT2D eigenvalue weighted by Gasteiger charge is 2.19. The zero-order valence-electron chi connectivity index (χ0n) is 11.9. The highest BCUT2D eigenvalue weighted by atomic mass is 35.5. The second-order valence-corrected chi connectivity index (χ2v) is 5.85. The normalized spacial score (nSPS) is 13.4. The molecule has 23 heavy (non-hydrogen) atoms. The third-order valence-corrected chi connectivity index (χ3v) is 4.13. The van der Waals surface area contributed by atoms with Crippen molar-refractivity contribution in [3.8, 4) is 0 Å². The molecule has 0 saturated heterocycles. The van der Waals surface area contributed by atoms with Gasteiger partial charge in [-0.05, 0) is 31.0 Å². The number of hydrogen-bond donors (Lipinski definition) is 2. The van der Waals surface area contributed by atoms with E-state index in [9.17, 15) is 9.59 Å². The lowest BCUT2D eigenvalue weighted by atomic mass is 9.96. The molecule has 2 amide bonds. The molecule has 0 radical (unpaired) electrons. The molecule has 1 aromatic heterocycles. The molecule has 118 valence electrons. The topological polar surface area (TPSA) is 84.0 Å². The van der Waals surface area contributed by atoms with E-state index in [1.165, 1.54) is 12.3 Å². The van der Waals surface area contributed by atoms with Gasteiger partial charge < -0.3 is 5.32 Å². The van der Waals surface area contributed by atoms with E-state index < -0.39 is 6.03 Å². The van der Waals surface area contributed by atoms with E-state index >= 15 is 0 Å². The van der Waals surface area contributed by atoms with Crippen LogP contribution in [-0.4, -0.2) is 21.8 Å². The molecule has 3 rings (SSSR count). The molecule has 1 aliphatic carbocycles. The molecule has 0 bridgehead atoms. The van der Waals surface area contributed by atoms with Crippen LogP contribution in [0.1, 0.15) is 28.9 Å². The molecule has 2 aromatic rings. The summed E-state index contributed by atoms with van der Waals surface area (Å²) in [4.78, 5) is 31.9. The molecule has 0 fully saturated rings. The number of aryl methyl sites for hydroxylation is 1. The van der Waals surface area contributed by atoms with Crippen LogP contribution in [0.5, 0.6) is 0 Å². The average molecular weight is 351 g/mol. The molecule has 0 spiro atoms. The van der Waals surface area contributed by atoms with Crippen molar-refractivity contribution in [2.24, 2.45) is 0 Å². The third kappa shape index (κ3) is 3.60.